The van der Waals surface area contributed by atoms with Crippen LogP contribution in [-0.2, 0) is 0 Å². The number of hydrogen-bond donors (Lipinski definition) is 0. The summed E-state index contributed by atoms with van der Waals surface area (Å²) in [5.41, 5.74) is 1.41. The van der Waals surface area contributed by atoms with E-state index in [2.05, 4.69) is 0 Å². The Morgan fingerprint density at radius 2 is 1.90 bits per heavy atom. The van der Waals surface area contributed by atoms with Crippen LogP contribution in [0.2, 0.25) is 10.0 Å². The Morgan fingerprint density at radius 1 is 1.30 bits per heavy atom. The lowest BCUT2D eigenvalue weighted by molar-refractivity contribution is 1.49. The van der Waals surface area contributed by atoms with Crippen LogP contribution in [0.15, 0.2) is 12.1 Å². The highest BCUT2D eigenvalue weighted by Crippen LogP contribution is 2.15. The van der Waals surface area contributed by atoms with E-state index in [9.17, 15) is 0 Å². The van der Waals surface area contributed by atoms with Crippen molar-refractivity contribution in [2.24, 2.45) is 0 Å². The molecule has 0 N–H and O–H groups in total. The summed E-state index contributed by atoms with van der Waals surface area (Å²) in [5.74, 6) is 0. The Hall–Kier alpha value is -0.135. The van der Waals surface area contributed by atoms with Crippen LogP contribution >= 0.6 is 23.2 Å². The zero-order chi connectivity index (χ0) is 7.72. The lowest BCUT2D eigenvalue weighted by Crippen LogP contribution is -2.06. The molecule has 2 radical (unpaired) electrons. The minimum atomic E-state index is 0.461. The van der Waals surface area contributed by atoms with Crippen molar-refractivity contribution >= 4 is 36.5 Å². The van der Waals surface area contributed by atoms with E-state index < -0.39 is 0 Å². The lowest BCUT2D eigenvalue weighted by atomic mass is 9.94. The molecule has 0 aliphatic heterocycles. The van der Waals surface area contributed by atoms with Gasteiger partial charge in [0.1, 0.15) is 7.85 Å². The van der Waals surface area contributed by atoms with Gasteiger partial charge in [-0.1, -0.05) is 34.7 Å². The fourth-order valence-corrected chi connectivity index (χ4v) is 1.05. The highest BCUT2D eigenvalue weighted by atomic mass is 35.5. The molecule has 0 amide bonds. The molecule has 10 heavy (non-hydrogen) atoms. The molecule has 0 heterocycles. The molecule has 0 aliphatic rings. The standard InChI is InChI=1S/C7H5BCl2/c1-4-2-3-5(9)6(8)7(4)10/h2-3H,1H3. The fourth-order valence-electron chi connectivity index (χ4n) is 0.678. The Kier molecular flexibility index (Phi) is 2.27. The molecule has 0 saturated carbocycles. The Bertz CT molecular complexity index is 231. The van der Waals surface area contributed by atoms with Gasteiger partial charge < -0.3 is 0 Å². The van der Waals surface area contributed by atoms with Crippen molar-refractivity contribution in [3.8, 4) is 0 Å². The van der Waals surface area contributed by atoms with E-state index in [-0.39, 0.29) is 0 Å². The first-order valence-corrected chi connectivity index (χ1v) is 3.58. The molecule has 1 rings (SSSR count). The highest BCUT2D eigenvalue weighted by Gasteiger charge is 2.00. The third kappa shape index (κ3) is 1.30. The quantitative estimate of drug-likeness (QED) is 0.524. The first kappa shape index (κ1) is 7.97. The smallest absolute Gasteiger partial charge is 0.0849 e. The van der Waals surface area contributed by atoms with Gasteiger partial charge in [0.05, 0.1) is 0 Å². The van der Waals surface area contributed by atoms with Crippen LogP contribution in [0.4, 0.5) is 0 Å². The normalized spacial score (nSPS) is 9.90. The monoisotopic (exact) mass is 170 g/mol. The van der Waals surface area contributed by atoms with Crippen LogP contribution in [-0.4, -0.2) is 7.85 Å². The van der Waals surface area contributed by atoms with Gasteiger partial charge in [-0.25, -0.2) is 0 Å². The van der Waals surface area contributed by atoms with Crippen LogP contribution in [0.1, 0.15) is 5.56 Å². The first-order valence-electron chi connectivity index (χ1n) is 2.83. The van der Waals surface area contributed by atoms with E-state index in [1.54, 1.807) is 6.07 Å². The molecule has 0 spiro atoms. The summed E-state index contributed by atoms with van der Waals surface area (Å²) in [6.45, 7) is 1.88. The molecular formula is C7H5BCl2. The molecule has 1 aromatic carbocycles. The molecule has 0 atom stereocenters. The van der Waals surface area contributed by atoms with Gasteiger partial charge >= 0.3 is 0 Å². The van der Waals surface area contributed by atoms with Crippen molar-refractivity contribution in [1.29, 1.82) is 0 Å². The predicted octanol–water partition coefficient (Wildman–Crippen LogP) is 2.10. The predicted molar refractivity (Wildman–Crippen MR) is 46.6 cm³/mol. The summed E-state index contributed by atoms with van der Waals surface area (Å²) in [6, 6.07) is 3.57. The van der Waals surface area contributed by atoms with Crippen LogP contribution < -0.4 is 5.46 Å². The number of aryl methyl sites for hydroxylation is 1. The Labute approximate surface area is 71.6 Å². The average molecular weight is 171 g/mol. The summed E-state index contributed by atoms with van der Waals surface area (Å²) in [6.07, 6.45) is 0. The van der Waals surface area contributed by atoms with E-state index >= 15 is 0 Å². The maximum absolute atomic E-state index is 5.77. The molecule has 3 heteroatoms. The van der Waals surface area contributed by atoms with Gasteiger partial charge in [-0.3, -0.25) is 0 Å². The van der Waals surface area contributed by atoms with Gasteiger partial charge in [0, 0.05) is 10.0 Å². The second-order valence-electron chi connectivity index (χ2n) is 2.09. The van der Waals surface area contributed by atoms with Crippen LogP contribution in [0.3, 0.4) is 0 Å². The van der Waals surface area contributed by atoms with Gasteiger partial charge in [-0.2, -0.15) is 0 Å². The van der Waals surface area contributed by atoms with Gasteiger partial charge in [0.25, 0.3) is 0 Å². The van der Waals surface area contributed by atoms with Crippen molar-refractivity contribution in [3.63, 3.8) is 0 Å². The fraction of sp³-hybridized carbons (Fsp3) is 0.143. The molecule has 50 valence electrons. The zero-order valence-electron chi connectivity index (χ0n) is 5.49. The van der Waals surface area contributed by atoms with Crippen LogP contribution in [0, 0.1) is 6.92 Å². The minimum absolute atomic E-state index is 0.461. The van der Waals surface area contributed by atoms with E-state index in [0.29, 0.717) is 15.5 Å². The maximum Gasteiger partial charge on any atom is 0.118 e. The minimum Gasteiger partial charge on any atom is -0.0849 e. The molecule has 0 bridgehead atoms. The SMILES string of the molecule is [B]c1c(Cl)ccc(C)c1Cl. The molecule has 0 aliphatic carbocycles. The zero-order valence-corrected chi connectivity index (χ0v) is 7.00. The molecular weight excluding hydrogens is 166 g/mol. The van der Waals surface area contributed by atoms with E-state index in [1.165, 1.54) is 0 Å². The topological polar surface area (TPSA) is 0 Å². The van der Waals surface area contributed by atoms with Crippen molar-refractivity contribution in [2.75, 3.05) is 0 Å². The van der Waals surface area contributed by atoms with Gasteiger partial charge in [0.2, 0.25) is 0 Å². The van der Waals surface area contributed by atoms with Crippen molar-refractivity contribution < 1.29 is 0 Å². The number of benzene rings is 1. The average Bonchev–Trinajstić information content (AvgIpc) is 1.93. The third-order valence-corrected chi connectivity index (χ3v) is 2.15. The maximum atomic E-state index is 5.77. The van der Waals surface area contributed by atoms with Gasteiger partial charge in [-0.15, -0.1) is 0 Å². The van der Waals surface area contributed by atoms with Crippen molar-refractivity contribution in [1.82, 2.24) is 0 Å². The summed E-state index contributed by atoms with van der Waals surface area (Å²) >= 11 is 11.4. The summed E-state index contributed by atoms with van der Waals surface area (Å²) in [5, 5.41) is 1.06. The van der Waals surface area contributed by atoms with E-state index in [1.807, 2.05) is 13.0 Å². The molecule has 1 aromatic rings. The summed E-state index contributed by atoms with van der Waals surface area (Å²) in [4.78, 5) is 0. The molecule has 0 saturated heterocycles. The summed E-state index contributed by atoms with van der Waals surface area (Å²) in [7, 11) is 5.52. The van der Waals surface area contributed by atoms with Crippen molar-refractivity contribution in [2.45, 2.75) is 6.92 Å². The highest BCUT2D eigenvalue weighted by molar-refractivity contribution is 6.52. The van der Waals surface area contributed by atoms with Gasteiger partial charge in [0.15, 0.2) is 0 Å². The van der Waals surface area contributed by atoms with E-state index in [0.717, 1.165) is 5.56 Å². The first-order chi connectivity index (χ1) is 4.63. The molecule has 0 unspecified atom stereocenters. The molecule has 0 aromatic heterocycles. The van der Waals surface area contributed by atoms with Crippen LogP contribution in [0.5, 0.6) is 0 Å². The second kappa shape index (κ2) is 2.85. The van der Waals surface area contributed by atoms with Crippen molar-refractivity contribution in [3.05, 3.63) is 27.7 Å². The Balaban J connectivity index is 3.34. The number of hydrogen-bond acceptors (Lipinski definition) is 0. The number of rotatable bonds is 0. The summed E-state index contributed by atoms with van der Waals surface area (Å²) < 4.78 is 0. The third-order valence-electron chi connectivity index (χ3n) is 1.32. The molecule has 0 fully saturated rings. The van der Waals surface area contributed by atoms with Gasteiger partial charge in [-0.05, 0) is 18.6 Å². The lowest BCUT2D eigenvalue weighted by Gasteiger charge is -2.02. The second-order valence-corrected chi connectivity index (χ2v) is 2.88. The van der Waals surface area contributed by atoms with Crippen LogP contribution in [0.25, 0.3) is 0 Å². The molecule has 0 nitrogen and oxygen atoms in total. The Morgan fingerprint density at radius 3 is 2.40 bits per heavy atom. The largest absolute Gasteiger partial charge is 0.118 e. The van der Waals surface area contributed by atoms with E-state index in [4.69, 9.17) is 31.0 Å². The number of halogens is 2.